The number of aromatic nitrogens is 2. The average Bonchev–Trinajstić information content (AvgIpc) is 2.86. The van der Waals surface area contributed by atoms with Crippen molar-refractivity contribution in [1.82, 2.24) is 14.5 Å². The minimum Gasteiger partial charge on any atom is -0.378 e. The number of hydrogen-bond donors (Lipinski definition) is 0. The molecule has 1 aromatic rings. The lowest BCUT2D eigenvalue weighted by atomic mass is 10.2. The largest absolute Gasteiger partial charge is 0.378 e. The van der Waals surface area contributed by atoms with Gasteiger partial charge in [0.1, 0.15) is 11.9 Å². The van der Waals surface area contributed by atoms with E-state index < -0.39 is 0 Å². The molecule has 1 saturated heterocycles. The van der Waals surface area contributed by atoms with E-state index in [1.807, 2.05) is 29.5 Å². The summed E-state index contributed by atoms with van der Waals surface area (Å²) in [6, 6.07) is -0.175. The van der Waals surface area contributed by atoms with Crippen LogP contribution in [0, 0.1) is 0 Å². The van der Waals surface area contributed by atoms with Gasteiger partial charge in [-0.2, -0.15) is 0 Å². The molecule has 2 heterocycles. The molecule has 1 atom stereocenters. The number of ether oxygens (including phenoxy) is 1. The van der Waals surface area contributed by atoms with Crippen LogP contribution in [0.5, 0.6) is 0 Å². The highest BCUT2D eigenvalue weighted by atomic mass is 16.5. The molecule has 1 amide bonds. The summed E-state index contributed by atoms with van der Waals surface area (Å²) in [5.41, 5.74) is 0. The van der Waals surface area contributed by atoms with Crippen molar-refractivity contribution >= 4 is 5.91 Å². The van der Waals surface area contributed by atoms with Crippen LogP contribution in [0.15, 0.2) is 12.4 Å². The number of hydrogen-bond acceptors (Lipinski definition) is 3. The molecular formula is C12H19N3O2. The Labute approximate surface area is 101 Å². The topological polar surface area (TPSA) is 47.4 Å². The Morgan fingerprint density at radius 2 is 2.24 bits per heavy atom. The van der Waals surface area contributed by atoms with Gasteiger partial charge in [-0.25, -0.2) is 4.98 Å². The smallest absolute Gasteiger partial charge is 0.245 e. The van der Waals surface area contributed by atoms with Gasteiger partial charge in [-0.15, -0.1) is 0 Å². The zero-order chi connectivity index (χ0) is 12.3. The lowest BCUT2D eigenvalue weighted by molar-refractivity contribution is -0.138. The second kappa shape index (κ2) is 5.31. The van der Waals surface area contributed by atoms with Crippen molar-refractivity contribution in [2.75, 3.05) is 26.3 Å². The monoisotopic (exact) mass is 237 g/mol. The van der Waals surface area contributed by atoms with Gasteiger partial charge in [0.05, 0.1) is 13.2 Å². The van der Waals surface area contributed by atoms with Crippen molar-refractivity contribution in [3.8, 4) is 0 Å². The molecule has 1 aliphatic heterocycles. The molecule has 5 nitrogen and oxygen atoms in total. The molecular weight excluding hydrogens is 218 g/mol. The van der Waals surface area contributed by atoms with Crippen LogP contribution in [-0.4, -0.2) is 46.7 Å². The number of morpholine rings is 1. The molecule has 1 unspecified atom stereocenters. The fourth-order valence-corrected chi connectivity index (χ4v) is 2.14. The Bertz CT molecular complexity index is 383. The first-order chi connectivity index (χ1) is 8.24. The summed E-state index contributed by atoms with van der Waals surface area (Å²) in [6.45, 7) is 6.65. The number of imidazole rings is 1. The maximum atomic E-state index is 12.3. The molecule has 1 fully saturated rings. The third-order valence-corrected chi connectivity index (χ3v) is 3.16. The molecule has 0 spiro atoms. The van der Waals surface area contributed by atoms with Crippen molar-refractivity contribution in [1.29, 1.82) is 0 Å². The summed E-state index contributed by atoms with van der Waals surface area (Å²) in [5.74, 6) is 1.11. The molecule has 94 valence electrons. The predicted octanol–water partition coefficient (Wildman–Crippen LogP) is 0.865. The Morgan fingerprint density at radius 3 is 2.88 bits per heavy atom. The number of nitrogens with zero attached hydrogens (tertiary/aromatic N) is 3. The maximum absolute atomic E-state index is 12.3. The maximum Gasteiger partial charge on any atom is 0.245 e. The third kappa shape index (κ3) is 2.49. The van der Waals surface area contributed by atoms with Crippen LogP contribution in [0.25, 0.3) is 0 Å². The van der Waals surface area contributed by atoms with Gasteiger partial charge in [0, 0.05) is 31.9 Å². The van der Waals surface area contributed by atoms with Crippen molar-refractivity contribution < 1.29 is 9.53 Å². The van der Waals surface area contributed by atoms with E-state index in [9.17, 15) is 4.79 Å². The van der Waals surface area contributed by atoms with Crippen LogP contribution >= 0.6 is 0 Å². The Balaban J connectivity index is 2.08. The zero-order valence-electron chi connectivity index (χ0n) is 10.4. The first-order valence-corrected chi connectivity index (χ1v) is 6.12. The fraction of sp³-hybridized carbons (Fsp3) is 0.667. The zero-order valence-corrected chi connectivity index (χ0v) is 10.4. The number of carbonyl (C=O) groups excluding carboxylic acids is 1. The second-order valence-corrected chi connectivity index (χ2v) is 4.22. The van der Waals surface area contributed by atoms with E-state index in [1.54, 1.807) is 6.20 Å². The Kier molecular flexibility index (Phi) is 3.78. The molecule has 1 aromatic heterocycles. The van der Waals surface area contributed by atoms with Crippen LogP contribution in [0.1, 0.15) is 25.7 Å². The average molecular weight is 237 g/mol. The molecule has 0 aromatic carbocycles. The van der Waals surface area contributed by atoms with Crippen LogP contribution < -0.4 is 0 Å². The van der Waals surface area contributed by atoms with Crippen LogP contribution in [-0.2, 0) is 16.0 Å². The van der Waals surface area contributed by atoms with Crippen LogP contribution in [0.2, 0.25) is 0 Å². The summed E-state index contributed by atoms with van der Waals surface area (Å²) in [6.07, 6.45) is 4.47. The number of rotatable bonds is 3. The van der Waals surface area contributed by atoms with Crippen molar-refractivity contribution in [3.63, 3.8) is 0 Å². The summed E-state index contributed by atoms with van der Waals surface area (Å²) in [5, 5.41) is 0. The quantitative estimate of drug-likeness (QED) is 0.783. The van der Waals surface area contributed by atoms with E-state index >= 15 is 0 Å². The highest BCUT2D eigenvalue weighted by Crippen LogP contribution is 2.14. The molecule has 1 aliphatic rings. The molecule has 2 rings (SSSR count). The molecule has 0 aliphatic carbocycles. The summed E-state index contributed by atoms with van der Waals surface area (Å²) >= 11 is 0. The van der Waals surface area contributed by atoms with E-state index in [2.05, 4.69) is 4.98 Å². The molecule has 0 radical (unpaired) electrons. The summed E-state index contributed by atoms with van der Waals surface area (Å²) < 4.78 is 7.21. The Hall–Kier alpha value is -1.36. The highest BCUT2D eigenvalue weighted by Gasteiger charge is 2.24. The van der Waals surface area contributed by atoms with E-state index in [4.69, 9.17) is 4.74 Å². The standard InChI is InChI=1S/C12H19N3O2/c1-3-11-13-4-5-15(11)10(2)12(16)14-6-8-17-9-7-14/h4-5,10H,3,6-9H2,1-2H3. The van der Waals surface area contributed by atoms with Gasteiger partial charge in [0.15, 0.2) is 0 Å². The fourth-order valence-electron chi connectivity index (χ4n) is 2.14. The van der Waals surface area contributed by atoms with Gasteiger partial charge >= 0.3 is 0 Å². The minimum atomic E-state index is -0.175. The lowest BCUT2D eigenvalue weighted by Gasteiger charge is -2.30. The SMILES string of the molecule is CCc1nccn1C(C)C(=O)N1CCOCC1. The summed E-state index contributed by atoms with van der Waals surface area (Å²) in [4.78, 5) is 18.4. The second-order valence-electron chi connectivity index (χ2n) is 4.22. The predicted molar refractivity (Wildman–Crippen MR) is 63.7 cm³/mol. The lowest BCUT2D eigenvalue weighted by Crippen LogP contribution is -2.43. The number of carbonyl (C=O) groups is 1. The highest BCUT2D eigenvalue weighted by molar-refractivity contribution is 5.80. The molecule has 5 heteroatoms. The first-order valence-electron chi connectivity index (χ1n) is 6.12. The summed E-state index contributed by atoms with van der Waals surface area (Å²) in [7, 11) is 0. The van der Waals surface area contributed by atoms with E-state index in [-0.39, 0.29) is 11.9 Å². The molecule has 0 saturated carbocycles. The van der Waals surface area contributed by atoms with E-state index in [0.717, 1.165) is 12.2 Å². The van der Waals surface area contributed by atoms with Crippen molar-refractivity contribution in [3.05, 3.63) is 18.2 Å². The van der Waals surface area contributed by atoms with E-state index in [1.165, 1.54) is 0 Å². The number of amides is 1. The van der Waals surface area contributed by atoms with Gasteiger partial charge in [-0.3, -0.25) is 4.79 Å². The normalized spacial score (nSPS) is 18.1. The van der Waals surface area contributed by atoms with E-state index in [0.29, 0.717) is 26.3 Å². The van der Waals surface area contributed by atoms with Gasteiger partial charge in [-0.05, 0) is 6.92 Å². The van der Waals surface area contributed by atoms with Crippen LogP contribution in [0.4, 0.5) is 0 Å². The number of aryl methyl sites for hydroxylation is 1. The van der Waals surface area contributed by atoms with Gasteiger partial charge in [0.2, 0.25) is 5.91 Å². The first kappa shape index (κ1) is 12.1. The van der Waals surface area contributed by atoms with Crippen LogP contribution in [0.3, 0.4) is 0 Å². The molecule has 17 heavy (non-hydrogen) atoms. The molecule has 0 bridgehead atoms. The van der Waals surface area contributed by atoms with Gasteiger partial charge < -0.3 is 14.2 Å². The molecule has 0 N–H and O–H groups in total. The third-order valence-electron chi connectivity index (χ3n) is 3.16. The van der Waals surface area contributed by atoms with Gasteiger partial charge in [0.25, 0.3) is 0 Å². The Morgan fingerprint density at radius 1 is 1.53 bits per heavy atom. The minimum absolute atomic E-state index is 0.154. The van der Waals surface area contributed by atoms with Crippen molar-refractivity contribution in [2.24, 2.45) is 0 Å². The van der Waals surface area contributed by atoms with Gasteiger partial charge in [-0.1, -0.05) is 6.92 Å². The van der Waals surface area contributed by atoms with Crippen molar-refractivity contribution in [2.45, 2.75) is 26.3 Å².